The maximum atomic E-state index is 13.7. The molecule has 1 N–H and O–H groups in total. The van der Waals surface area contributed by atoms with E-state index in [9.17, 15) is 9.18 Å². The van der Waals surface area contributed by atoms with Crippen molar-refractivity contribution >= 4 is 21.8 Å². The van der Waals surface area contributed by atoms with E-state index in [2.05, 4.69) is 21.2 Å². The minimum atomic E-state index is -0.481. The molecule has 0 aliphatic carbocycles. The number of halogens is 2. The maximum absolute atomic E-state index is 13.7. The van der Waals surface area contributed by atoms with Gasteiger partial charge in [0.1, 0.15) is 5.82 Å². The Hall–Kier alpha value is -0.940. The summed E-state index contributed by atoms with van der Waals surface area (Å²) in [5.74, 6) is -0.716. The summed E-state index contributed by atoms with van der Waals surface area (Å²) in [6.07, 6.45) is 0. The van der Waals surface area contributed by atoms with Crippen LogP contribution in [-0.2, 0) is 0 Å². The number of rotatable bonds is 1. The Morgan fingerprint density at radius 2 is 2.06 bits per heavy atom. The van der Waals surface area contributed by atoms with Crippen molar-refractivity contribution in [1.29, 1.82) is 0 Å². The van der Waals surface area contributed by atoms with E-state index >= 15 is 0 Å². The maximum Gasteiger partial charge on any atom is 0.256 e. The van der Waals surface area contributed by atoms with Crippen molar-refractivity contribution in [3.8, 4) is 0 Å². The first-order chi connectivity index (χ1) is 7.70. The van der Waals surface area contributed by atoms with Crippen LogP contribution < -0.4 is 5.32 Å². The lowest BCUT2D eigenvalue weighted by Crippen LogP contribution is -2.46. The Morgan fingerprint density at radius 1 is 1.38 bits per heavy atom. The largest absolute Gasteiger partial charge is 0.336 e. The van der Waals surface area contributed by atoms with Gasteiger partial charge in [0.2, 0.25) is 0 Å². The summed E-state index contributed by atoms with van der Waals surface area (Å²) in [7, 11) is 0. The van der Waals surface area contributed by atoms with E-state index in [1.807, 2.05) is 0 Å². The smallest absolute Gasteiger partial charge is 0.256 e. The molecule has 0 unspecified atom stereocenters. The first kappa shape index (κ1) is 11.5. The molecule has 3 nitrogen and oxygen atoms in total. The molecular weight excluding hydrogens is 275 g/mol. The SMILES string of the molecule is O=C(c1cccc(Br)c1F)N1CCNCC1. The Bertz CT molecular complexity index is 405. The molecule has 1 heterocycles. The Labute approximate surface area is 102 Å². The quantitative estimate of drug-likeness (QED) is 0.851. The van der Waals surface area contributed by atoms with Gasteiger partial charge in [0.05, 0.1) is 10.0 Å². The lowest BCUT2D eigenvalue weighted by molar-refractivity contribution is 0.0731. The number of carbonyl (C=O) groups excluding carboxylic acids is 1. The van der Waals surface area contributed by atoms with Crippen LogP contribution in [0.25, 0.3) is 0 Å². The standard InChI is InChI=1S/C11H12BrFN2O/c12-9-3-1-2-8(10(9)13)11(16)15-6-4-14-5-7-15/h1-3,14H,4-7H2. The highest BCUT2D eigenvalue weighted by Crippen LogP contribution is 2.19. The van der Waals surface area contributed by atoms with Crippen molar-refractivity contribution in [3.05, 3.63) is 34.1 Å². The molecular formula is C11H12BrFN2O. The topological polar surface area (TPSA) is 32.3 Å². The molecule has 16 heavy (non-hydrogen) atoms. The summed E-state index contributed by atoms with van der Waals surface area (Å²) in [6, 6.07) is 4.77. The van der Waals surface area contributed by atoms with Crippen LogP contribution in [-0.4, -0.2) is 37.0 Å². The predicted molar refractivity (Wildman–Crippen MR) is 62.9 cm³/mol. The second-order valence-electron chi connectivity index (χ2n) is 3.64. The zero-order chi connectivity index (χ0) is 11.5. The molecule has 0 aromatic heterocycles. The molecule has 86 valence electrons. The van der Waals surface area contributed by atoms with Crippen molar-refractivity contribution < 1.29 is 9.18 Å². The predicted octanol–water partition coefficient (Wildman–Crippen LogP) is 1.63. The summed E-state index contributed by atoms with van der Waals surface area (Å²) in [5, 5.41) is 3.15. The molecule has 1 aliphatic rings. The van der Waals surface area contributed by atoms with E-state index in [1.54, 1.807) is 17.0 Å². The molecule has 0 saturated carbocycles. The summed E-state index contributed by atoms with van der Waals surface area (Å²) in [5.41, 5.74) is 0.135. The minimum absolute atomic E-state index is 0.135. The van der Waals surface area contributed by atoms with Gasteiger partial charge >= 0.3 is 0 Å². The van der Waals surface area contributed by atoms with Crippen molar-refractivity contribution in [1.82, 2.24) is 10.2 Å². The fourth-order valence-electron chi connectivity index (χ4n) is 1.71. The van der Waals surface area contributed by atoms with E-state index in [-0.39, 0.29) is 11.5 Å². The van der Waals surface area contributed by atoms with Crippen LogP contribution >= 0.6 is 15.9 Å². The summed E-state index contributed by atoms with van der Waals surface area (Å²) >= 11 is 3.08. The van der Waals surface area contributed by atoms with Gasteiger partial charge in [-0.05, 0) is 28.1 Å². The zero-order valence-electron chi connectivity index (χ0n) is 8.67. The van der Waals surface area contributed by atoms with Crippen LogP contribution in [0.4, 0.5) is 4.39 Å². The second kappa shape index (κ2) is 4.93. The monoisotopic (exact) mass is 286 g/mol. The van der Waals surface area contributed by atoms with Crippen LogP contribution in [0.5, 0.6) is 0 Å². The minimum Gasteiger partial charge on any atom is -0.336 e. The molecule has 1 aromatic carbocycles. The van der Waals surface area contributed by atoms with E-state index < -0.39 is 5.82 Å². The van der Waals surface area contributed by atoms with Gasteiger partial charge in [0, 0.05) is 26.2 Å². The van der Waals surface area contributed by atoms with Crippen LogP contribution in [0, 0.1) is 5.82 Å². The van der Waals surface area contributed by atoms with Crippen molar-refractivity contribution in [2.45, 2.75) is 0 Å². The number of nitrogens with zero attached hydrogens (tertiary/aromatic N) is 1. The number of amides is 1. The van der Waals surface area contributed by atoms with Gasteiger partial charge in [0.25, 0.3) is 5.91 Å². The number of carbonyl (C=O) groups is 1. The van der Waals surface area contributed by atoms with Crippen LogP contribution in [0.1, 0.15) is 10.4 Å². The van der Waals surface area contributed by atoms with Crippen LogP contribution in [0.2, 0.25) is 0 Å². The zero-order valence-corrected chi connectivity index (χ0v) is 10.3. The van der Waals surface area contributed by atoms with Crippen molar-refractivity contribution in [2.75, 3.05) is 26.2 Å². The summed E-state index contributed by atoms with van der Waals surface area (Å²) in [4.78, 5) is 13.7. The van der Waals surface area contributed by atoms with Crippen molar-refractivity contribution in [2.24, 2.45) is 0 Å². The molecule has 1 fully saturated rings. The third kappa shape index (κ3) is 2.25. The van der Waals surface area contributed by atoms with Gasteiger partial charge in [-0.15, -0.1) is 0 Å². The lowest BCUT2D eigenvalue weighted by atomic mass is 10.1. The average Bonchev–Trinajstić information content (AvgIpc) is 2.33. The van der Waals surface area contributed by atoms with Gasteiger partial charge in [-0.2, -0.15) is 0 Å². The molecule has 5 heteroatoms. The number of piperazine rings is 1. The van der Waals surface area contributed by atoms with Gasteiger partial charge in [-0.1, -0.05) is 6.07 Å². The molecule has 1 aliphatic heterocycles. The first-order valence-electron chi connectivity index (χ1n) is 5.14. The number of hydrogen-bond acceptors (Lipinski definition) is 2. The molecule has 0 radical (unpaired) electrons. The number of nitrogens with one attached hydrogen (secondary N) is 1. The molecule has 1 saturated heterocycles. The van der Waals surface area contributed by atoms with Crippen LogP contribution in [0.3, 0.4) is 0 Å². The molecule has 0 spiro atoms. The molecule has 0 atom stereocenters. The van der Waals surface area contributed by atoms with Gasteiger partial charge < -0.3 is 10.2 Å². The van der Waals surface area contributed by atoms with E-state index in [1.165, 1.54) is 6.07 Å². The van der Waals surface area contributed by atoms with Crippen molar-refractivity contribution in [3.63, 3.8) is 0 Å². The highest BCUT2D eigenvalue weighted by atomic mass is 79.9. The average molecular weight is 287 g/mol. The fraction of sp³-hybridized carbons (Fsp3) is 0.364. The van der Waals surface area contributed by atoms with Crippen LogP contribution in [0.15, 0.2) is 22.7 Å². The summed E-state index contributed by atoms with van der Waals surface area (Å²) in [6.45, 7) is 2.79. The second-order valence-corrected chi connectivity index (χ2v) is 4.50. The molecule has 2 rings (SSSR count). The highest BCUT2D eigenvalue weighted by Gasteiger charge is 2.21. The molecule has 1 aromatic rings. The molecule has 1 amide bonds. The van der Waals surface area contributed by atoms with E-state index in [0.717, 1.165) is 13.1 Å². The Kier molecular flexibility index (Phi) is 3.56. The summed E-state index contributed by atoms with van der Waals surface area (Å²) < 4.78 is 14.0. The third-order valence-electron chi connectivity index (χ3n) is 2.59. The van der Waals surface area contributed by atoms with E-state index in [4.69, 9.17) is 0 Å². The van der Waals surface area contributed by atoms with Gasteiger partial charge in [-0.3, -0.25) is 4.79 Å². The van der Waals surface area contributed by atoms with Gasteiger partial charge in [-0.25, -0.2) is 4.39 Å². The first-order valence-corrected chi connectivity index (χ1v) is 5.93. The normalized spacial score (nSPS) is 16.2. The lowest BCUT2D eigenvalue weighted by Gasteiger charge is -2.27. The third-order valence-corrected chi connectivity index (χ3v) is 3.20. The Balaban J connectivity index is 2.22. The number of hydrogen-bond donors (Lipinski definition) is 1. The molecule has 0 bridgehead atoms. The highest BCUT2D eigenvalue weighted by molar-refractivity contribution is 9.10. The number of benzene rings is 1. The van der Waals surface area contributed by atoms with E-state index in [0.29, 0.717) is 17.6 Å². The fourth-order valence-corrected chi connectivity index (χ4v) is 2.07. The van der Waals surface area contributed by atoms with Gasteiger partial charge in [0.15, 0.2) is 0 Å². The Morgan fingerprint density at radius 3 is 2.75 bits per heavy atom.